The number of rotatable bonds is 34. The number of hydrogen-bond donors (Lipinski definition) is 3. The normalized spacial score (nSPS) is 14.1. The fourth-order valence-electron chi connectivity index (χ4n) is 4.80. The second-order valence-corrected chi connectivity index (χ2v) is 13.8. The van der Waals surface area contributed by atoms with E-state index in [0.29, 0.717) is 12.8 Å². The zero-order valence-corrected chi connectivity index (χ0v) is 30.3. The van der Waals surface area contributed by atoms with Gasteiger partial charge in [0.1, 0.15) is 12.6 Å². The Labute approximate surface area is 284 Å². The Bertz CT molecular complexity index is 869. The maximum Gasteiger partial charge on any atom is 0.472 e. The summed E-state index contributed by atoms with van der Waals surface area (Å²) in [6, 6.07) is -1.51. The Morgan fingerprint density at radius 1 is 0.638 bits per heavy atom. The van der Waals surface area contributed by atoms with Gasteiger partial charge in [0.25, 0.3) is 0 Å². The van der Waals surface area contributed by atoms with Gasteiger partial charge in [0, 0.05) is 12.8 Å². The van der Waals surface area contributed by atoms with Crippen LogP contribution < -0.4 is 5.73 Å². The van der Waals surface area contributed by atoms with Crippen LogP contribution in [0.5, 0.6) is 0 Å². The molecule has 0 aromatic heterocycles. The van der Waals surface area contributed by atoms with Crippen LogP contribution in [0, 0.1) is 0 Å². The molecule has 11 nitrogen and oxygen atoms in total. The van der Waals surface area contributed by atoms with Gasteiger partial charge < -0.3 is 25.2 Å². The van der Waals surface area contributed by atoms with Gasteiger partial charge in [-0.05, 0) is 38.5 Å². The second kappa shape index (κ2) is 31.5. The number of esters is 2. The van der Waals surface area contributed by atoms with Crippen LogP contribution >= 0.6 is 7.82 Å². The number of hydrogen-bond acceptors (Lipinski definition) is 9. The predicted molar refractivity (Wildman–Crippen MR) is 185 cm³/mol. The van der Waals surface area contributed by atoms with E-state index in [2.05, 4.69) is 23.6 Å². The van der Waals surface area contributed by atoms with E-state index in [4.69, 9.17) is 24.8 Å². The molecule has 0 aliphatic heterocycles. The summed E-state index contributed by atoms with van der Waals surface area (Å²) in [4.78, 5) is 44.9. The summed E-state index contributed by atoms with van der Waals surface area (Å²) in [7, 11) is -4.69. The molecule has 12 heteroatoms. The first-order chi connectivity index (χ1) is 22.6. The van der Waals surface area contributed by atoms with Gasteiger partial charge in [-0.3, -0.25) is 23.4 Å². The highest BCUT2D eigenvalue weighted by Gasteiger charge is 2.28. The zero-order valence-electron chi connectivity index (χ0n) is 29.4. The van der Waals surface area contributed by atoms with Crippen LogP contribution in [0.2, 0.25) is 0 Å². The lowest BCUT2D eigenvalue weighted by Gasteiger charge is -2.20. The van der Waals surface area contributed by atoms with E-state index in [1.807, 2.05) is 6.92 Å². The lowest BCUT2D eigenvalue weighted by atomic mass is 10.1. The third-order valence-electron chi connectivity index (χ3n) is 7.76. The summed E-state index contributed by atoms with van der Waals surface area (Å²) < 4.78 is 32.0. The number of phosphoric ester groups is 1. The van der Waals surface area contributed by atoms with Gasteiger partial charge in [-0.25, -0.2) is 4.57 Å². The maximum atomic E-state index is 12.4. The summed E-state index contributed by atoms with van der Waals surface area (Å²) in [5, 5.41) is 8.79. The minimum absolute atomic E-state index is 0.160. The summed E-state index contributed by atoms with van der Waals surface area (Å²) in [6.07, 6.45) is 28.6. The molecule has 0 aromatic carbocycles. The van der Waals surface area contributed by atoms with Crippen molar-refractivity contribution in [1.29, 1.82) is 0 Å². The first-order valence-electron chi connectivity index (χ1n) is 18.2. The monoisotopic (exact) mass is 691 g/mol. The minimum Gasteiger partial charge on any atom is -0.480 e. The van der Waals surface area contributed by atoms with Crippen molar-refractivity contribution in [2.24, 2.45) is 5.73 Å². The van der Waals surface area contributed by atoms with Crippen LogP contribution in [0.3, 0.4) is 0 Å². The Morgan fingerprint density at radius 2 is 1.09 bits per heavy atom. The standard InChI is InChI=1S/C35H66NO10P/c1-3-5-7-8-9-10-11-12-13-14-15-16-17-18-19-20-21-22-23-24-25-27-34(38)46-31(28-43-33(37)26-6-4-2)29-44-47(41,42)45-30-32(36)35(39)40/h14-15,31-32H,3-13,16-30,36H2,1-2H3,(H,39,40)(H,41,42)/b15-14-. The van der Waals surface area contributed by atoms with Gasteiger partial charge >= 0.3 is 25.7 Å². The average molecular weight is 692 g/mol. The van der Waals surface area contributed by atoms with Crippen LogP contribution in [0.1, 0.15) is 162 Å². The molecule has 0 bridgehead atoms. The van der Waals surface area contributed by atoms with Crippen molar-refractivity contribution in [3.05, 3.63) is 12.2 Å². The van der Waals surface area contributed by atoms with E-state index in [0.717, 1.165) is 25.7 Å². The summed E-state index contributed by atoms with van der Waals surface area (Å²) in [6.45, 7) is 2.50. The minimum atomic E-state index is -4.69. The maximum absolute atomic E-state index is 12.4. The third-order valence-corrected chi connectivity index (χ3v) is 8.71. The van der Waals surface area contributed by atoms with Crippen LogP contribution in [-0.2, 0) is 37.5 Å². The molecule has 0 radical (unpaired) electrons. The van der Waals surface area contributed by atoms with Crippen molar-refractivity contribution in [3.63, 3.8) is 0 Å². The van der Waals surface area contributed by atoms with Crippen molar-refractivity contribution in [2.45, 2.75) is 174 Å². The van der Waals surface area contributed by atoms with Crippen molar-refractivity contribution in [1.82, 2.24) is 0 Å². The molecule has 47 heavy (non-hydrogen) atoms. The molecule has 0 aliphatic carbocycles. The van der Waals surface area contributed by atoms with E-state index in [9.17, 15) is 23.8 Å². The number of carboxylic acid groups (broad SMARTS) is 1. The van der Waals surface area contributed by atoms with Crippen LogP contribution in [-0.4, -0.2) is 59.9 Å². The van der Waals surface area contributed by atoms with Gasteiger partial charge in [0.15, 0.2) is 6.10 Å². The SMILES string of the molecule is CCCCCCCCCC/C=C\CCCCCCCCCCCC(=O)OC(COC(=O)CCCC)COP(=O)(O)OCC(N)C(=O)O. The lowest BCUT2D eigenvalue weighted by Crippen LogP contribution is -2.34. The van der Waals surface area contributed by atoms with Crippen LogP contribution in [0.15, 0.2) is 12.2 Å². The van der Waals surface area contributed by atoms with E-state index in [1.54, 1.807) is 0 Å². The number of unbranched alkanes of at least 4 members (excludes halogenated alkanes) is 18. The summed E-state index contributed by atoms with van der Waals surface area (Å²) in [5.74, 6) is -2.42. The molecule has 3 unspecified atom stereocenters. The molecule has 0 heterocycles. The van der Waals surface area contributed by atoms with E-state index < -0.39 is 51.1 Å². The zero-order chi connectivity index (χ0) is 35.0. The summed E-state index contributed by atoms with van der Waals surface area (Å²) in [5.41, 5.74) is 5.27. The number of aliphatic carboxylic acids is 1. The fourth-order valence-corrected chi connectivity index (χ4v) is 5.58. The molecular weight excluding hydrogens is 625 g/mol. The molecule has 276 valence electrons. The smallest absolute Gasteiger partial charge is 0.472 e. The van der Waals surface area contributed by atoms with Crippen molar-refractivity contribution >= 4 is 25.7 Å². The Kier molecular flexibility index (Phi) is 30.3. The average Bonchev–Trinajstić information content (AvgIpc) is 3.04. The molecular formula is C35H66NO10P. The highest BCUT2D eigenvalue weighted by atomic mass is 31.2. The first kappa shape index (κ1) is 45.2. The van der Waals surface area contributed by atoms with Gasteiger partial charge in [-0.2, -0.15) is 0 Å². The third kappa shape index (κ3) is 31.3. The highest BCUT2D eigenvalue weighted by molar-refractivity contribution is 7.47. The number of nitrogens with two attached hydrogens (primary N) is 1. The van der Waals surface area contributed by atoms with Crippen molar-refractivity contribution < 1.29 is 47.5 Å². The van der Waals surface area contributed by atoms with Gasteiger partial charge in [0.2, 0.25) is 0 Å². The largest absolute Gasteiger partial charge is 0.480 e. The molecule has 0 spiro atoms. The van der Waals surface area contributed by atoms with Crippen LogP contribution in [0.4, 0.5) is 0 Å². The highest BCUT2D eigenvalue weighted by Crippen LogP contribution is 2.43. The molecule has 0 saturated carbocycles. The van der Waals surface area contributed by atoms with E-state index in [1.165, 1.54) is 96.3 Å². The summed E-state index contributed by atoms with van der Waals surface area (Å²) >= 11 is 0. The number of carboxylic acids is 1. The van der Waals surface area contributed by atoms with Gasteiger partial charge in [-0.15, -0.1) is 0 Å². The lowest BCUT2D eigenvalue weighted by molar-refractivity contribution is -0.161. The topological polar surface area (TPSA) is 172 Å². The van der Waals surface area contributed by atoms with E-state index in [-0.39, 0.29) is 19.4 Å². The Morgan fingerprint density at radius 3 is 1.60 bits per heavy atom. The molecule has 3 atom stereocenters. The molecule has 0 fully saturated rings. The second-order valence-electron chi connectivity index (χ2n) is 12.4. The molecule has 4 N–H and O–H groups in total. The number of carbonyl (C=O) groups excluding carboxylic acids is 2. The van der Waals surface area contributed by atoms with Gasteiger partial charge in [0.05, 0.1) is 13.2 Å². The fraction of sp³-hybridized carbons (Fsp3) is 0.857. The molecule has 0 aliphatic rings. The first-order valence-corrected chi connectivity index (χ1v) is 19.7. The number of allylic oxidation sites excluding steroid dienone is 2. The van der Waals surface area contributed by atoms with Crippen molar-refractivity contribution in [3.8, 4) is 0 Å². The number of ether oxygens (including phenoxy) is 2. The van der Waals surface area contributed by atoms with E-state index >= 15 is 0 Å². The number of phosphoric acid groups is 1. The Balaban J connectivity index is 4.05. The molecule has 0 saturated heterocycles. The van der Waals surface area contributed by atoms with Crippen LogP contribution in [0.25, 0.3) is 0 Å². The predicted octanol–water partition coefficient (Wildman–Crippen LogP) is 8.56. The molecule has 0 amide bonds. The Hall–Kier alpha value is -1.78. The molecule has 0 aromatic rings. The van der Waals surface area contributed by atoms with Crippen molar-refractivity contribution in [2.75, 3.05) is 19.8 Å². The number of carbonyl (C=O) groups is 3. The quantitative estimate of drug-likeness (QED) is 0.0255. The van der Waals surface area contributed by atoms with Gasteiger partial charge in [-0.1, -0.05) is 122 Å². The molecule has 0 rings (SSSR count).